The Balaban J connectivity index is 1.06. The van der Waals surface area contributed by atoms with Crippen LogP contribution in [0.25, 0.3) is 55.8 Å². The van der Waals surface area contributed by atoms with Gasteiger partial charge in [-0.15, -0.1) is 0 Å². The third-order valence-corrected chi connectivity index (χ3v) is 21.5. The number of hydrogen-bond donors (Lipinski definition) is 0. The first-order valence-electron chi connectivity index (χ1n) is 20.9. The highest BCUT2D eigenvalue weighted by atomic mass is 32.2. The molecule has 2 atom stereocenters. The van der Waals surface area contributed by atoms with Gasteiger partial charge in [0.25, 0.3) is 0 Å². The van der Waals surface area contributed by atoms with E-state index in [9.17, 15) is 0 Å². The van der Waals surface area contributed by atoms with Gasteiger partial charge in [0.2, 0.25) is 0 Å². The summed E-state index contributed by atoms with van der Waals surface area (Å²) in [4.78, 5) is 3.97. The van der Waals surface area contributed by atoms with Gasteiger partial charge in [0.15, 0.2) is 36.6 Å². The zero-order chi connectivity index (χ0) is 42.6. The van der Waals surface area contributed by atoms with Crippen LogP contribution < -0.4 is 31.8 Å². The minimum Gasteiger partial charge on any atom is -0.453 e. The molecule has 4 heterocycles. The predicted molar refractivity (Wildman–Crippen MR) is 264 cm³/mol. The lowest BCUT2D eigenvalue weighted by Crippen LogP contribution is -2.30. The molecule has 0 aliphatic carbocycles. The monoisotopic (exact) mass is 900 g/mol. The standard InChI is InChI=1S/C54H34N2O4P2S2/c57-61(37-15-3-1-4-16-37)47-23-11-13-25-51(47)63-53-29-27-35(31-49(53)61)55-39-19-7-9-21-43(39)59-45-34-42-46(33-41(45)55)60-44-22-10-8-20-40(44)56(42)36-28-30-54-50(32-36)62(58,38-17-5-2-6-18-38)48-24-12-14-26-52(48)64-54/h1-34H. The molecule has 0 bridgehead atoms. The van der Waals surface area contributed by atoms with E-state index in [4.69, 9.17) is 8.83 Å². The molecule has 306 valence electrons. The molecule has 11 aromatic rings. The molecule has 2 aliphatic heterocycles. The third-order valence-electron chi connectivity index (χ3n) is 12.3. The van der Waals surface area contributed by atoms with E-state index < -0.39 is 14.3 Å². The Labute approximate surface area is 376 Å². The van der Waals surface area contributed by atoms with E-state index in [-0.39, 0.29) is 0 Å². The Kier molecular flexibility index (Phi) is 8.54. The van der Waals surface area contributed by atoms with Crippen LogP contribution in [0.3, 0.4) is 0 Å². The molecular weight excluding hydrogens is 867 g/mol. The SMILES string of the molecule is O=P1(c2ccccc2)c2ccccc2Sc2ccc(-n3c4ccccc4oc4cc5c(cc43)oc3ccccc3n5-c3ccc4c(c3)P(=O)(c3ccccc3)c3ccccc3S4)cc21. The number of rotatable bonds is 4. The van der Waals surface area contributed by atoms with E-state index in [0.29, 0.717) is 22.3 Å². The van der Waals surface area contributed by atoms with Gasteiger partial charge in [0.1, 0.15) is 0 Å². The summed E-state index contributed by atoms with van der Waals surface area (Å²) in [6.07, 6.45) is 0. The van der Waals surface area contributed by atoms with Crippen molar-refractivity contribution in [1.82, 2.24) is 9.13 Å². The first-order chi connectivity index (χ1) is 31.5. The van der Waals surface area contributed by atoms with Crippen LogP contribution in [-0.2, 0) is 9.13 Å². The maximum absolute atomic E-state index is 15.9. The Bertz CT molecular complexity index is 3630. The second-order valence-electron chi connectivity index (χ2n) is 15.9. The number of benzene rings is 9. The Hall–Kier alpha value is -6.66. The second-order valence-corrected chi connectivity index (χ2v) is 23.5. The van der Waals surface area contributed by atoms with E-state index in [1.807, 2.05) is 146 Å². The molecule has 2 aliphatic rings. The van der Waals surface area contributed by atoms with Gasteiger partial charge in [-0.3, -0.25) is 0 Å². The average molecular weight is 901 g/mol. The summed E-state index contributed by atoms with van der Waals surface area (Å²) < 4.78 is 49.7. The van der Waals surface area contributed by atoms with Crippen molar-refractivity contribution in [1.29, 1.82) is 0 Å². The van der Waals surface area contributed by atoms with Gasteiger partial charge in [-0.2, -0.15) is 0 Å². The molecule has 2 unspecified atom stereocenters. The number of hydrogen-bond acceptors (Lipinski definition) is 6. The highest BCUT2D eigenvalue weighted by molar-refractivity contribution is 8.03. The fraction of sp³-hybridized carbons (Fsp3) is 0. The van der Waals surface area contributed by atoms with Crippen LogP contribution in [0.1, 0.15) is 0 Å². The van der Waals surface area contributed by atoms with Gasteiger partial charge in [0, 0.05) is 74.9 Å². The van der Waals surface area contributed by atoms with Gasteiger partial charge in [-0.1, -0.05) is 133 Å². The maximum atomic E-state index is 15.9. The van der Waals surface area contributed by atoms with Crippen LogP contribution in [0.15, 0.2) is 235 Å². The predicted octanol–water partition coefficient (Wildman–Crippen LogP) is 12.4. The lowest BCUT2D eigenvalue weighted by Gasteiger charge is -2.29. The van der Waals surface area contributed by atoms with E-state index in [1.54, 1.807) is 23.5 Å². The molecule has 2 aromatic heterocycles. The summed E-state index contributed by atoms with van der Waals surface area (Å²) in [5, 5.41) is 4.92. The number of nitrogens with zero attached hydrogens (tertiary/aromatic N) is 2. The summed E-state index contributed by atoms with van der Waals surface area (Å²) in [6, 6.07) is 68.6. The van der Waals surface area contributed by atoms with Crippen molar-refractivity contribution in [3.05, 3.63) is 206 Å². The third kappa shape index (κ3) is 5.57. The molecule has 6 nitrogen and oxygen atoms in total. The second kappa shape index (κ2) is 14.4. The molecule has 64 heavy (non-hydrogen) atoms. The minimum atomic E-state index is -3.28. The Morgan fingerprint density at radius 2 is 0.703 bits per heavy atom. The molecule has 0 fully saturated rings. The van der Waals surface area contributed by atoms with Crippen molar-refractivity contribution in [2.45, 2.75) is 19.6 Å². The number of aromatic nitrogens is 2. The van der Waals surface area contributed by atoms with E-state index in [2.05, 4.69) is 69.8 Å². The summed E-state index contributed by atoms with van der Waals surface area (Å²) in [5.74, 6) is 0. The van der Waals surface area contributed by atoms with Crippen LogP contribution in [0.2, 0.25) is 0 Å². The summed E-state index contributed by atoms with van der Waals surface area (Å²) in [5.41, 5.74) is 7.61. The van der Waals surface area contributed by atoms with Gasteiger partial charge in [-0.25, -0.2) is 0 Å². The first kappa shape index (κ1) is 37.9. The molecule has 13 rings (SSSR count). The number of para-hydroxylation sites is 4. The van der Waals surface area contributed by atoms with Crippen molar-refractivity contribution in [3.8, 4) is 11.4 Å². The Morgan fingerprint density at radius 1 is 0.328 bits per heavy atom. The lowest BCUT2D eigenvalue weighted by atomic mass is 10.2. The largest absolute Gasteiger partial charge is 0.453 e. The van der Waals surface area contributed by atoms with Gasteiger partial charge in [0.05, 0.1) is 22.1 Å². The molecule has 9 aromatic carbocycles. The topological polar surface area (TPSA) is 70.3 Å². The van der Waals surface area contributed by atoms with Crippen molar-refractivity contribution in [2.24, 2.45) is 0 Å². The fourth-order valence-corrected chi connectivity index (χ4v) is 18.8. The number of fused-ring (bicyclic) bond motifs is 8. The summed E-state index contributed by atoms with van der Waals surface area (Å²) in [6.45, 7) is 0. The first-order valence-corrected chi connectivity index (χ1v) is 26.0. The van der Waals surface area contributed by atoms with E-state index >= 15 is 9.13 Å². The van der Waals surface area contributed by atoms with Crippen molar-refractivity contribution < 1.29 is 18.0 Å². The van der Waals surface area contributed by atoms with Gasteiger partial charge >= 0.3 is 0 Å². The van der Waals surface area contributed by atoms with Gasteiger partial charge < -0.3 is 27.1 Å². The smallest absolute Gasteiger partial charge is 0.173 e. The zero-order valence-corrected chi connectivity index (χ0v) is 37.3. The van der Waals surface area contributed by atoms with Crippen molar-refractivity contribution in [2.75, 3.05) is 0 Å². The molecule has 0 radical (unpaired) electrons. The molecule has 10 heteroatoms. The van der Waals surface area contributed by atoms with Crippen molar-refractivity contribution >= 4 is 114 Å². The maximum Gasteiger partial charge on any atom is 0.173 e. The van der Waals surface area contributed by atoms with Crippen molar-refractivity contribution in [3.63, 3.8) is 0 Å². The normalized spacial score (nSPS) is 17.5. The van der Waals surface area contributed by atoms with Crippen LogP contribution in [-0.4, -0.2) is 9.13 Å². The van der Waals surface area contributed by atoms with Gasteiger partial charge in [-0.05, 0) is 84.9 Å². The summed E-state index contributed by atoms with van der Waals surface area (Å²) >= 11 is 3.32. The molecule has 0 amide bonds. The van der Waals surface area contributed by atoms with Crippen LogP contribution >= 0.6 is 37.8 Å². The molecule has 0 saturated carbocycles. The van der Waals surface area contributed by atoms with Crippen LogP contribution in [0.5, 0.6) is 0 Å². The zero-order valence-electron chi connectivity index (χ0n) is 33.9. The molecule has 0 N–H and O–H groups in total. The fourth-order valence-electron chi connectivity index (χ4n) is 9.45. The Morgan fingerprint density at radius 3 is 1.16 bits per heavy atom. The van der Waals surface area contributed by atoms with Crippen LogP contribution in [0, 0.1) is 0 Å². The highest BCUT2D eigenvalue weighted by Gasteiger charge is 2.40. The highest BCUT2D eigenvalue weighted by Crippen LogP contribution is 2.54. The quantitative estimate of drug-likeness (QED) is 0.129. The van der Waals surface area contributed by atoms with Crippen LogP contribution in [0.4, 0.5) is 0 Å². The molecule has 0 saturated heterocycles. The molecular formula is C54H34N2O4P2S2. The molecule has 0 spiro atoms. The average Bonchev–Trinajstić information content (AvgIpc) is 3.35. The van der Waals surface area contributed by atoms with E-state index in [0.717, 1.165) is 84.9 Å². The lowest BCUT2D eigenvalue weighted by molar-refractivity contribution is 0.591. The minimum absolute atomic E-state index is 0.631. The van der Waals surface area contributed by atoms with E-state index in [1.165, 1.54) is 0 Å². The summed E-state index contributed by atoms with van der Waals surface area (Å²) in [7, 11) is -6.56.